The second-order valence-corrected chi connectivity index (χ2v) is 8.43. The SMILES string of the molecule is Cc1ccc(S(=O)(=O)C=C2C3C4OC(c5ccccc54)C23)cc1. The number of rotatable bonds is 2. The van der Waals surface area contributed by atoms with E-state index in [1.54, 1.807) is 12.1 Å². The van der Waals surface area contributed by atoms with E-state index < -0.39 is 9.84 Å². The molecule has 2 aliphatic heterocycles. The fraction of sp³-hybridized carbons (Fsp3) is 0.263. The highest BCUT2D eigenvalue weighted by molar-refractivity contribution is 7.94. The van der Waals surface area contributed by atoms with E-state index in [9.17, 15) is 8.42 Å². The van der Waals surface area contributed by atoms with Gasteiger partial charge in [0.15, 0.2) is 9.84 Å². The monoisotopic (exact) mass is 324 g/mol. The first kappa shape index (κ1) is 13.5. The lowest BCUT2D eigenvalue weighted by Crippen LogP contribution is -1.99. The Morgan fingerprint density at radius 2 is 1.48 bits per heavy atom. The van der Waals surface area contributed by atoms with E-state index in [0.29, 0.717) is 4.90 Å². The van der Waals surface area contributed by atoms with Crippen LogP contribution in [0.1, 0.15) is 28.9 Å². The molecule has 116 valence electrons. The van der Waals surface area contributed by atoms with Gasteiger partial charge in [0.2, 0.25) is 0 Å². The van der Waals surface area contributed by atoms with Crippen LogP contribution >= 0.6 is 0 Å². The third kappa shape index (κ3) is 1.82. The summed E-state index contributed by atoms with van der Waals surface area (Å²) in [6.45, 7) is 1.95. The smallest absolute Gasteiger partial charge is 0.199 e. The zero-order chi connectivity index (χ0) is 15.8. The molecule has 1 aliphatic carbocycles. The van der Waals surface area contributed by atoms with E-state index >= 15 is 0 Å². The Balaban J connectivity index is 1.50. The van der Waals surface area contributed by atoms with Crippen molar-refractivity contribution in [2.45, 2.75) is 24.0 Å². The average molecular weight is 324 g/mol. The molecule has 23 heavy (non-hydrogen) atoms. The van der Waals surface area contributed by atoms with Crippen LogP contribution in [0, 0.1) is 18.8 Å². The topological polar surface area (TPSA) is 43.4 Å². The van der Waals surface area contributed by atoms with Crippen LogP contribution in [-0.4, -0.2) is 8.42 Å². The first-order valence-electron chi connectivity index (χ1n) is 7.84. The van der Waals surface area contributed by atoms with Crippen molar-refractivity contribution < 1.29 is 13.2 Å². The fourth-order valence-electron chi connectivity index (χ4n) is 4.07. The molecule has 0 amide bonds. The summed E-state index contributed by atoms with van der Waals surface area (Å²) >= 11 is 0. The van der Waals surface area contributed by atoms with E-state index in [1.165, 1.54) is 16.5 Å². The van der Waals surface area contributed by atoms with Crippen LogP contribution in [0.4, 0.5) is 0 Å². The molecule has 2 bridgehead atoms. The van der Waals surface area contributed by atoms with E-state index in [1.807, 2.05) is 31.2 Å². The highest BCUT2D eigenvalue weighted by Crippen LogP contribution is 2.72. The van der Waals surface area contributed by atoms with E-state index in [-0.39, 0.29) is 24.0 Å². The number of ether oxygens (including phenoxy) is 1. The number of benzene rings is 2. The van der Waals surface area contributed by atoms with Crippen molar-refractivity contribution in [2.75, 3.05) is 0 Å². The number of aryl methyl sites for hydroxylation is 1. The highest BCUT2D eigenvalue weighted by atomic mass is 32.2. The van der Waals surface area contributed by atoms with Crippen LogP contribution in [-0.2, 0) is 14.6 Å². The van der Waals surface area contributed by atoms with Crippen LogP contribution in [0.25, 0.3) is 0 Å². The first-order chi connectivity index (χ1) is 11.1. The third-order valence-corrected chi connectivity index (χ3v) is 6.75. The molecule has 4 unspecified atom stereocenters. The molecule has 4 atom stereocenters. The molecule has 0 radical (unpaired) electrons. The Morgan fingerprint density at radius 3 is 2.04 bits per heavy atom. The Bertz CT molecular complexity index is 904. The standard InChI is InChI=1S/C19H16O3S/c1-11-6-8-12(9-7-11)23(20,21)10-15-16-17(15)19-14-5-3-2-4-13(14)18(16)22-19/h2-10,16-19H,1H3. The summed E-state index contributed by atoms with van der Waals surface area (Å²) in [6, 6.07) is 15.3. The molecule has 0 N–H and O–H groups in total. The molecule has 2 aromatic carbocycles. The molecule has 2 fully saturated rings. The predicted octanol–water partition coefficient (Wildman–Crippen LogP) is 3.72. The van der Waals surface area contributed by atoms with Gasteiger partial charge in [-0.25, -0.2) is 8.42 Å². The summed E-state index contributed by atoms with van der Waals surface area (Å²) in [7, 11) is -3.38. The summed E-state index contributed by atoms with van der Waals surface area (Å²) in [4.78, 5) is 0.367. The van der Waals surface area contributed by atoms with Crippen LogP contribution in [0.15, 0.2) is 64.4 Å². The molecule has 1 saturated carbocycles. The minimum atomic E-state index is -3.38. The summed E-state index contributed by atoms with van der Waals surface area (Å²) in [5, 5.41) is 1.49. The van der Waals surface area contributed by atoms with E-state index in [2.05, 4.69) is 12.1 Å². The number of sulfone groups is 1. The Labute approximate surface area is 135 Å². The molecule has 0 spiro atoms. The predicted molar refractivity (Wildman–Crippen MR) is 86.4 cm³/mol. The van der Waals surface area contributed by atoms with Crippen molar-refractivity contribution in [3.63, 3.8) is 0 Å². The molecule has 0 aromatic heterocycles. The molecular weight excluding hydrogens is 308 g/mol. The number of fused-ring (bicyclic) bond motifs is 8. The molecule has 4 heteroatoms. The zero-order valence-corrected chi connectivity index (χ0v) is 13.5. The molecule has 2 heterocycles. The van der Waals surface area contributed by atoms with Gasteiger partial charge in [0.25, 0.3) is 0 Å². The maximum absolute atomic E-state index is 12.6. The van der Waals surface area contributed by atoms with Crippen LogP contribution < -0.4 is 0 Å². The Kier molecular flexibility index (Phi) is 2.55. The maximum atomic E-state index is 12.6. The van der Waals surface area contributed by atoms with Crippen molar-refractivity contribution in [2.24, 2.45) is 11.8 Å². The second kappa shape index (κ2) is 4.34. The minimum absolute atomic E-state index is 0.0423. The van der Waals surface area contributed by atoms with Gasteiger partial charge in [0, 0.05) is 17.2 Å². The van der Waals surface area contributed by atoms with Crippen LogP contribution in [0.2, 0.25) is 0 Å². The number of hydrogen-bond donors (Lipinski definition) is 0. The average Bonchev–Trinajstić information content (AvgIpc) is 2.94. The minimum Gasteiger partial charge on any atom is -0.364 e. The maximum Gasteiger partial charge on any atom is 0.199 e. The summed E-state index contributed by atoms with van der Waals surface area (Å²) < 4.78 is 31.3. The van der Waals surface area contributed by atoms with Gasteiger partial charge in [-0.3, -0.25) is 0 Å². The molecule has 2 aromatic rings. The van der Waals surface area contributed by atoms with E-state index in [0.717, 1.165) is 11.1 Å². The summed E-state index contributed by atoms with van der Waals surface area (Å²) in [5.74, 6) is 0.491. The van der Waals surface area contributed by atoms with Crippen LogP contribution in [0.3, 0.4) is 0 Å². The van der Waals surface area contributed by atoms with Gasteiger partial charge in [0.1, 0.15) is 0 Å². The first-order valence-corrected chi connectivity index (χ1v) is 9.38. The number of hydrogen-bond acceptors (Lipinski definition) is 3. The lowest BCUT2D eigenvalue weighted by molar-refractivity contribution is 0.0487. The van der Waals surface area contributed by atoms with Gasteiger partial charge < -0.3 is 4.74 Å². The molecule has 1 saturated heterocycles. The molecular formula is C19H16O3S. The summed E-state index contributed by atoms with van der Waals surface area (Å²) in [6.07, 6.45) is 0.0846. The Hall–Kier alpha value is -1.91. The van der Waals surface area contributed by atoms with Gasteiger partial charge in [-0.15, -0.1) is 0 Å². The van der Waals surface area contributed by atoms with Crippen molar-refractivity contribution in [1.82, 2.24) is 0 Å². The van der Waals surface area contributed by atoms with Crippen molar-refractivity contribution in [3.05, 3.63) is 76.2 Å². The lowest BCUT2D eigenvalue weighted by Gasteiger charge is -2.08. The fourth-order valence-corrected chi connectivity index (χ4v) is 5.40. The zero-order valence-electron chi connectivity index (χ0n) is 12.6. The van der Waals surface area contributed by atoms with Gasteiger partial charge in [-0.2, -0.15) is 0 Å². The molecule has 5 rings (SSSR count). The van der Waals surface area contributed by atoms with Gasteiger partial charge in [0.05, 0.1) is 17.1 Å². The lowest BCUT2D eigenvalue weighted by atomic mass is 9.92. The highest BCUT2D eigenvalue weighted by Gasteiger charge is 2.65. The van der Waals surface area contributed by atoms with Gasteiger partial charge in [-0.05, 0) is 35.8 Å². The van der Waals surface area contributed by atoms with Crippen molar-refractivity contribution >= 4 is 9.84 Å². The van der Waals surface area contributed by atoms with E-state index in [4.69, 9.17) is 4.74 Å². The Morgan fingerprint density at radius 1 is 0.913 bits per heavy atom. The largest absolute Gasteiger partial charge is 0.364 e. The third-order valence-electron chi connectivity index (χ3n) is 5.24. The second-order valence-electron chi connectivity index (χ2n) is 6.63. The molecule has 3 aliphatic rings. The van der Waals surface area contributed by atoms with Crippen LogP contribution in [0.5, 0.6) is 0 Å². The van der Waals surface area contributed by atoms with Gasteiger partial charge >= 0.3 is 0 Å². The quantitative estimate of drug-likeness (QED) is 0.845. The normalized spacial score (nSPS) is 30.0. The molecule has 3 nitrogen and oxygen atoms in total. The van der Waals surface area contributed by atoms with Gasteiger partial charge in [-0.1, -0.05) is 42.0 Å². The van der Waals surface area contributed by atoms with Crippen molar-refractivity contribution in [1.29, 1.82) is 0 Å². The van der Waals surface area contributed by atoms with Crippen molar-refractivity contribution in [3.8, 4) is 0 Å². The summed E-state index contributed by atoms with van der Waals surface area (Å²) in [5.41, 5.74) is 4.55.